The summed E-state index contributed by atoms with van der Waals surface area (Å²) in [4.78, 5) is 14.9. The fraction of sp³-hybridized carbons (Fsp3) is 0.650. The molecule has 1 fully saturated rings. The van der Waals surface area contributed by atoms with Crippen molar-refractivity contribution in [3.05, 3.63) is 35.9 Å². The van der Waals surface area contributed by atoms with Crippen molar-refractivity contribution in [1.29, 1.82) is 0 Å². The second-order valence-electron chi connectivity index (χ2n) is 8.47. The SMILES string of the molecule is CC(C)(C)CNC(=O)C(C)(C)N1CCC(c2ccccc2)CC1. The average Bonchev–Trinajstić information content (AvgIpc) is 2.53. The maximum atomic E-state index is 12.6. The lowest BCUT2D eigenvalue weighted by atomic mass is 9.87. The summed E-state index contributed by atoms with van der Waals surface area (Å²) < 4.78 is 0. The standard InChI is InChI=1S/C20H32N2O/c1-19(2,3)15-21-18(23)20(4,5)22-13-11-17(12-14-22)16-9-7-6-8-10-16/h6-10,17H,11-15H2,1-5H3,(H,21,23). The van der Waals surface area contributed by atoms with Gasteiger partial charge in [0.1, 0.15) is 0 Å². The molecule has 1 aliphatic rings. The van der Waals surface area contributed by atoms with E-state index in [9.17, 15) is 4.79 Å². The van der Waals surface area contributed by atoms with Crippen LogP contribution in [0.3, 0.4) is 0 Å². The predicted octanol–water partition coefficient (Wildman–Crippen LogP) is 3.81. The van der Waals surface area contributed by atoms with Crippen molar-refractivity contribution in [1.82, 2.24) is 10.2 Å². The molecule has 23 heavy (non-hydrogen) atoms. The molecule has 0 atom stereocenters. The van der Waals surface area contributed by atoms with Gasteiger partial charge >= 0.3 is 0 Å². The van der Waals surface area contributed by atoms with Gasteiger partial charge in [0.15, 0.2) is 0 Å². The van der Waals surface area contributed by atoms with E-state index in [0.717, 1.165) is 32.5 Å². The largest absolute Gasteiger partial charge is 0.354 e. The fourth-order valence-corrected chi connectivity index (χ4v) is 3.20. The highest BCUT2D eigenvalue weighted by Gasteiger charge is 2.37. The van der Waals surface area contributed by atoms with Crippen molar-refractivity contribution < 1.29 is 4.79 Å². The number of carbonyl (C=O) groups excluding carboxylic acids is 1. The van der Waals surface area contributed by atoms with Gasteiger partial charge in [-0.05, 0) is 56.7 Å². The molecule has 3 heteroatoms. The van der Waals surface area contributed by atoms with Crippen LogP contribution in [0.15, 0.2) is 30.3 Å². The molecule has 1 N–H and O–H groups in total. The fourth-order valence-electron chi connectivity index (χ4n) is 3.20. The van der Waals surface area contributed by atoms with Gasteiger partial charge in [-0.2, -0.15) is 0 Å². The minimum Gasteiger partial charge on any atom is -0.354 e. The molecule has 1 aromatic rings. The highest BCUT2D eigenvalue weighted by Crippen LogP contribution is 2.31. The van der Waals surface area contributed by atoms with Crippen molar-refractivity contribution in [2.45, 2.75) is 58.9 Å². The van der Waals surface area contributed by atoms with Crippen LogP contribution in [0.1, 0.15) is 58.9 Å². The molecule has 0 unspecified atom stereocenters. The Bertz CT molecular complexity index is 508. The minimum absolute atomic E-state index is 0.117. The lowest BCUT2D eigenvalue weighted by Gasteiger charge is -2.42. The molecule has 1 amide bonds. The molecule has 1 heterocycles. The van der Waals surface area contributed by atoms with Gasteiger partial charge < -0.3 is 5.32 Å². The van der Waals surface area contributed by atoms with Gasteiger partial charge in [-0.3, -0.25) is 9.69 Å². The molecule has 2 rings (SSSR count). The number of amides is 1. The van der Waals surface area contributed by atoms with Crippen molar-refractivity contribution in [3.63, 3.8) is 0 Å². The molecule has 1 saturated heterocycles. The molecule has 0 aromatic heterocycles. The Hall–Kier alpha value is -1.35. The number of rotatable bonds is 4. The second kappa shape index (κ2) is 7.04. The summed E-state index contributed by atoms with van der Waals surface area (Å²) in [6.45, 7) is 13.2. The van der Waals surface area contributed by atoms with Gasteiger partial charge in [-0.15, -0.1) is 0 Å². The number of nitrogens with one attached hydrogen (secondary N) is 1. The highest BCUT2D eigenvalue weighted by molar-refractivity contribution is 5.85. The smallest absolute Gasteiger partial charge is 0.239 e. The highest BCUT2D eigenvalue weighted by atomic mass is 16.2. The molecule has 1 aromatic carbocycles. The van der Waals surface area contributed by atoms with Crippen molar-refractivity contribution >= 4 is 5.91 Å². The Labute approximate surface area is 141 Å². The number of carbonyl (C=O) groups is 1. The van der Waals surface area contributed by atoms with E-state index in [1.54, 1.807) is 0 Å². The van der Waals surface area contributed by atoms with E-state index in [2.05, 4.69) is 61.3 Å². The Morgan fingerprint density at radius 2 is 1.65 bits per heavy atom. The van der Waals surface area contributed by atoms with Crippen molar-refractivity contribution in [2.24, 2.45) is 5.41 Å². The molecule has 0 spiro atoms. The predicted molar refractivity (Wildman–Crippen MR) is 96.5 cm³/mol. The van der Waals surface area contributed by atoms with E-state index in [-0.39, 0.29) is 11.3 Å². The topological polar surface area (TPSA) is 32.3 Å². The monoisotopic (exact) mass is 316 g/mol. The summed E-state index contributed by atoms with van der Waals surface area (Å²) >= 11 is 0. The molecule has 3 nitrogen and oxygen atoms in total. The molecule has 1 aliphatic heterocycles. The van der Waals surface area contributed by atoms with Gasteiger partial charge in [0.05, 0.1) is 5.54 Å². The molecular weight excluding hydrogens is 284 g/mol. The molecule has 0 radical (unpaired) electrons. The van der Waals surface area contributed by atoms with E-state index >= 15 is 0 Å². The van der Waals surface area contributed by atoms with Crippen LogP contribution >= 0.6 is 0 Å². The summed E-state index contributed by atoms with van der Waals surface area (Å²) in [6, 6.07) is 10.8. The number of hydrogen-bond acceptors (Lipinski definition) is 2. The summed E-state index contributed by atoms with van der Waals surface area (Å²) in [5, 5.41) is 3.12. The Kier molecular flexibility index (Phi) is 5.51. The normalized spacial score (nSPS) is 18.0. The maximum Gasteiger partial charge on any atom is 0.239 e. The zero-order chi connectivity index (χ0) is 17.1. The number of piperidine rings is 1. The molecular formula is C20H32N2O. The van der Waals surface area contributed by atoms with Crippen LogP contribution in [0, 0.1) is 5.41 Å². The number of likely N-dealkylation sites (tertiary alicyclic amines) is 1. The molecule has 0 aliphatic carbocycles. The van der Waals surface area contributed by atoms with Crippen LogP contribution in [-0.4, -0.2) is 36.0 Å². The van der Waals surface area contributed by atoms with Crippen molar-refractivity contribution in [2.75, 3.05) is 19.6 Å². The number of benzene rings is 1. The Morgan fingerprint density at radius 3 is 2.17 bits per heavy atom. The van der Waals surface area contributed by atoms with E-state index < -0.39 is 5.54 Å². The summed E-state index contributed by atoms with van der Waals surface area (Å²) in [5.74, 6) is 0.770. The van der Waals surface area contributed by atoms with E-state index in [4.69, 9.17) is 0 Å². The third-order valence-electron chi connectivity index (χ3n) is 4.89. The first-order chi connectivity index (χ1) is 10.7. The van der Waals surface area contributed by atoms with Gasteiger partial charge in [0, 0.05) is 6.54 Å². The average molecular weight is 316 g/mol. The number of hydrogen-bond donors (Lipinski definition) is 1. The summed E-state index contributed by atoms with van der Waals surface area (Å²) in [7, 11) is 0. The van der Waals surface area contributed by atoms with E-state index in [1.165, 1.54) is 5.56 Å². The third-order valence-corrected chi connectivity index (χ3v) is 4.89. The first kappa shape index (κ1) is 18.0. The van der Waals surface area contributed by atoms with Crippen LogP contribution < -0.4 is 5.32 Å². The second-order valence-corrected chi connectivity index (χ2v) is 8.47. The minimum atomic E-state index is -0.438. The van der Waals surface area contributed by atoms with Gasteiger partial charge in [0.25, 0.3) is 0 Å². The first-order valence-corrected chi connectivity index (χ1v) is 8.78. The van der Waals surface area contributed by atoms with Gasteiger partial charge in [0.2, 0.25) is 5.91 Å². The maximum absolute atomic E-state index is 12.6. The van der Waals surface area contributed by atoms with Crippen LogP contribution in [0.5, 0.6) is 0 Å². The molecule has 128 valence electrons. The van der Waals surface area contributed by atoms with E-state index in [0.29, 0.717) is 5.92 Å². The summed E-state index contributed by atoms with van der Waals surface area (Å²) in [6.07, 6.45) is 2.25. The van der Waals surface area contributed by atoms with Gasteiger partial charge in [-0.1, -0.05) is 51.1 Å². The van der Waals surface area contributed by atoms with E-state index in [1.807, 2.05) is 13.8 Å². The quantitative estimate of drug-likeness (QED) is 0.916. The Morgan fingerprint density at radius 1 is 1.09 bits per heavy atom. The van der Waals surface area contributed by atoms with Crippen LogP contribution in [0.25, 0.3) is 0 Å². The van der Waals surface area contributed by atoms with Crippen LogP contribution in [0.4, 0.5) is 0 Å². The zero-order valence-electron chi connectivity index (χ0n) is 15.4. The zero-order valence-corrected chi connectivity index (χ0v) is 15.4. The van der Waals surface area contributed by atoms with Crippen LogP contribution in [0.2, 0.25) is 0 Å². The molecule has 0 saturated carbocycles. The number of nitrogens with zero attached hydrogens (tertiary/aromatic N) is 1. The van der Waals surface area contributed by atoms with Crippen molar-refractivity contribution in [3.8, 4) is 0 Å². The van der Waals surface area contributed by atoms with Gasteiger partial charge in [-0.25, -0.2) is 0 Å². The Balaban J connectivity index is 1.91. The van der Waals surface area contributed by atoms with Crippen LogP contribution in [-0.2, 0) is 4.79 Å². The summed E-state index contributed by atoms with van der Waals surface area (Å²) in [5.41, 5.74) is 1.11. The first-order valence-electron chi connectivity index (χ1n) is 8.78. The third kappa shape index (κ3) is 4.81. The molecule has 0 bridgehead atoms. The lowest BCUT2D eigenvalue weighted by molar-refractivity contribution is -0.132. The lowest BCUT2D eigenvalue weighted by Crippen LogP contribution is -2.57.